The van der Waals surface area contributed by atoms with E-state index in [0.717, 1.165) is 38.8 Å². The van der Waals surface area contributed by atoms with Gasteiger partial charge in [0, 0.05) is 18.5 Å². The highest BCUT2D eigenvalue weighted by Crippen LogP contribution is 2.43. The van der Waals surface area contributed by atoms with Crippen LogP contribution in [0.4, 0.5) is 0 Å². The Balaban J connectivity index is 1.90. The van der Waals surface area contributed by atoms with E-state index in [0.29, 0.717) is 19.3 Å². The molecular formula is C24H40N4O6. The van der Waals surface area contributed by atoms with Crippen LogP contribution in [0.1, 0.15) is 71.6 Å². The standard InChI is InChI=1S/C24H40N4O6/c1-3-6-16(7-4-2)21(31)26-17(14-18(29)30)22(32)28-11-5-10-24(28,23(33)34)20-19(25)15-8-12-27(20)13-9-15/h15-17,19-20H,3-14,25H2,1-2H3,(H,26,31)(H,29,30)(H,33,34)/t17-,19-,20?,24+/m0/s1. The van der Waals surface area contributed by atoms with Gasteiger partial charge in [-0.25, -0.2) is 4.79 Å². The third kappa shape index (κ3) is 4.93. The Labute approximate surface area is 201 Å². The lowest BCUT2D eigenvalue weighted by Gasteiger charge is -2.56. The number of likely N-dealkylation sites (tertiary alicyclic amines) is 1. The molecule has 4 aliphatic rings. The Morgan fingerprint density at radius 3 is 2.18 bits per heavy atom. The second kappa shape index (κ2) is 11.0. The average Bonchev–Trinajstić information content (AvgIpc) is 3.24. The summed E-state index contributed by atoms with van der Waals surface area (Å²) in [5, 5.41) is 22.6. The van der Waals surface area contributed by atoms with Crippen molar-refractivity contribution in [3.8, 4) is 0 Å². The third-order valence-electron chi connectivity index (χ3n) is 8.06. The fourth-order valence-electron chi connectivity index (χ4n) is 6.46. The van der Waals surface area contributed by atoms with Gasteiger partial charge < -0.3 is 26.2 Å². The first-order valence-corrected chi connectivity index (χ1v) is 12.7. The average molecular weight is 481 g/mol. The summed E-state index contributed by atoms with van der Waals surface area (Å²) in [5.74, 6) is -3.42. The number of carboxylic acids is 2. The number of carbonyl (C=O) groups is 4. The van der Waals surface area contributed by atoms with Gasteiger partial charge in [0.15, 0.2) is 5.54 Å². The van der Waals surface area contributed by atoms with Crippen molar-refractivity contribution in [3.05, 3.63) is 0 Å². The largest absolute Gasteiger partial charge is 0.481 e. The molecule has 0 saturated carbocycles. The van der Waals surface area contributed by atoms with Crippen molar-refractivity contribution < 1.29 is 29.4 Å². The van der Waals surface area contributed by atoms with Crippen molar-refractivity contribution in [2.45, 2.75) is 95.3 Å². The number of nitrogens with zero attached hydrogens (tertiary/aromatic N) is 2. The lowest BCUT2D eigenvalue weighted by molar-refractivity contribution is -0.168. The molecule has 1 unspecified atom stereocenters. The van der Waals surface area contributed by atoms with E-state index >= 15 is 0 Å². The number of hydrogen-bond donors (Lipinski definition) is 4. The van der Waals surface area contributed by atoms with E-state index in [-0.39, 0.29) is 36.8 Å². The van der Waals surface area contributed by atoms with E-state index in [9.17, 15) is 29.4 Å². The number of nitrogens with one attached hydrogen (secondary N) is 1. The first-order chi connectivity index (χ1) is 16.2. The van der Waals surface area contributed by atoms with Gasteiger partial charge in [0.05, 0.1) is 12.5 Å². The van der Waals surface area contributed by atoms with Crippen LogP contribution in [0.2, 0.25) is 0 Å². The van der Waals surface area contributed by atoms with Gasteiger partial charge in [0.1, 0.15) is 6.04 Å². The number of nitrogens with two attached hydrogens (primary N) is 1. The highest BCUT2D eigenvalue weighted by atomic mass is 16.4. The van der Waals surface area contributed by atoms with Crippen molar-refractivity contribution in [1.82, 2.24) is 15.1 Å². The molecule has 4 aliphatic heterocycles. The molecule has 34 heavy (non-hydrogen) atoms. The summed E-state index contributed by atoms with van der Waals surface area (Å²) in [6, 6.07) is -2.22. The molecule has 10 heteroatoms. The summed E-state index contributed by atoms with van der Waals surface area (Å²) < 4.78 is 0. The molecule has 2 bridgehead atoms. The molecule has 4 fully saturated rings. The number of piperidine rings is 3. The number of amides is 2. The molecule has 0 radical (unpaired) electrons. The molecule has 2 amide bonds. The molecule has 4 rings (SSSR count). The Morgan fingerprint density at radius 1 is 1.06 bits per heavy atom. The summed E-state index contributed by atoms with van der Waals surface area (Å²) in [6.45, 7) is 5.62. The quantitative estimate of drug-likeness (QED) is 0.342. The van der Waals surface area contributed by atoms with E-state index in [1.807, 2.05) is 13.8 Å². The third-order valence-corrected chi connectivity index (χ3v) is 8.06. The summed E-state index contributed by atoms with van der Waals surface area (Å²) in [6.07, 6.45) is 4.85. The van der Waals surface area contributed by atoms with Crippen molar-refractivity contribution in [2.24, 2.45) is 17.6 Å². The molecule has 10 nitrogen and oxygen atoms in total. The van der Waals surface area contributed by atoms with Crippen LogP contribution < -0.4 is 11.1 Å². The molecule has 5 N–H and O–H groups in total. The second-order valence-electron chi connectivity index (χ2n) is 10.2. The topological polar surface area (TPSA) is 153 Å². The fourth-order valence-corrected chi connectivity index (χ4v) is 6.46. The zero-order chi connectivity index (χ0) is 25.0. The molecule has 0 aliphatic carbocycles. The summed E-state index contributed by atoms with van der Waals surface area (Å²) in [7, 11) is 0. The van der Waals surface area contributed by atoms with Gasteiger partial charge in [0.2, 0.25) is 11.8 Å². The van der Waals surface area contributed by atoms with Gasteiger partial charge in [-0.2, -0.15) is 0 Å². The van der Waals surface area contributed by atoms with Crippen LogP contribution in [0, 0.1) is 11.8 Å². The molecule has 4 heterocycles. The molecule has 192 valence electrons. The van der Waals surface area contributed by atoms with E-state index in [2.05, 4.69) is 10.2 Å². The lowest BCUT2D eigenvalue weighted by Crippen LogP contribution is -2.76. The zero-order valence-electron chi connectivity index (χ0n) is 20.4. The smallest absolute Gasteiger partial charge is 0.331 e. The first-order valence-electron chi connectivity index (χ1n) is 12.7. The van der Waals surface area contributed by atoms with Gasteiger partial charge in [-0.3, -0.25) is 19.3 Å². The molecule has 0 spiro atoms. The van der Waals surface area contributed by atoms with Crippen LogP contribution in [0.3, 0.4) is 0 Å². The van der Waals surface area contributed by atoms with Crippen molar-refractivity contribution in [2.75, 3.05) is 19.6 Å². The monoisotopic (exact) mass is 480 g/mol. The van der Waals surface area contributed by atoms with Crippen molar-refractivity contribution >= 4 is 23.8 Å². The van der Waals surface area contributed by atoms with Crippen LogP contribution in [-0.4, -0.2) is 87.1 Å². The fraction of sp³-hybridized carbons (Fsp3) is 0.833. The Morgan fingerprint density at radius 2 is 1.68 bits per heavy atom. The predicted octanol–water partition coefficient (Wildman–Crippen LogP) is 1.03. The highest BCUT2D eigenvalue weighted by Gasteiger charge is 2.62. The van der Waals surface area contributed by atoms with Crippen molar-refractivity contribution in [1.29, 1.82) is 0 Å². The molecule has 0 aromatic rings. The van der Waals surface area contributed by atoms with Gasteiger partial charge in [-0.15, -0.1) is 0 Å². The maximum atomic E-state index is 13.8. The molecule has 4 saturated heterocycles. The maximum Gasteiger partial charge on any atom is 0.331 e. The molecule has 0 aromatic carbocycles. The number of aliphatic carboxylic acids is 2. The highest BCUT2D eigenvalue weighted by molar-refractivity contribution is 5.95. The van der Waals surface area contributed by atoms with Gasteiger partial charge in [0.25, 0.3) is 0 Å². The number of carboxylic acid groups (broad SMARTS) is 2. The van der Waals surface area contributed by atoms with Crippen LogP contribution in [0.5, 0.6) is 0 Å². The van der Waals surface area contributed by atoms with Gasteiger partial charge in [-0.05, 0) is 57.5 Å². The van der Waals surface area contributed by atoms with E-state index < -0.39 is 41.9 Å². The molecule has 0 aromatic heterocycles. The van der Waals surface area contributed by atoms with E-state index in [1.54, 1.807) is 0 Å². The van der Waals surface area contributed by atoms with Gasteiger partial charge >= 0.3 is 11.9 Å². The number of rotatable bonds is 11. The number of hydrogen-bond acceptors (Lipinski definition) is 6. The van der Waals surface area contributed by atoms with E-state index in [4.69, 9.17) is 5.73 Å². The number of fused-ring (bicyclic) bond motifs is 3. The number of carbonyl (C=O) groups excluding carboxylic acids is 2. The second-order valence-corrected chi connectivity index (χ2v) is 10.2. The summed E-state index contributed by atoms with van der Waals surface area (Å²) >= 11 is 0. The normalized spacial score (nSPS) is 31.5. The zero-order valence-corrected chi connectivity index (χ0v) is 20.4. The van der Waals surface area contributed by atoms with E-state index in [1.165, 1.54) is 4.90 Å². The predicted molar refractivity (Wildman–Crippen MR) is 125 cm³/mol. The summed E-state index contributed by atoms with van der Waals surface area (Å²) in [5.41, 5.74) is 5.04. The van der Waals surface area contributed by atoms with Crippen molar-refractivity contribution in [3.63, 3.8) is 0 Å². The minimum Gasteiger partial charge on any atom is -0.481 e. The molecular weight excluding hydrogens is 440 g/mol. The van der Waals surface area contributed by atoms with Crippen LogP contribution in [0.15, 0.2) is 0 Å². The molecule has 4 atom stereocenters. The summed E-state index contributed by atoms with van der Waals surface area (Å²) in [4.78, 5) is 54.6. The van der Waals surface area contributed by atoms with Crippen LogP contribution in [0.25, 0.3) is 0 Å². The SMILES string of the molecule is CCCC(CCC)C(=O)N[C@@H](CC(=O)O)C(=O)N1CCC[C@]1(C(=O)O)C1[C@@H](N)C2CCN1CC2. The lowest BCUT2D eigenvalue weighted by atomic mass is 9.70. The Hall–Kier alpha value is -2.20. The first kappa shape index (κ1) is 26.4. The Bertz CT molecular complexity index is 775. The minimum atomic E-state index is -1.52. The maximum absolute atomic E-state index is 13.8. The van der Waals surface area contributed by atoms with Crippen LogP contribution in [-0.2, 0) is 19.2 Å². The Kier molecular flexibility index (Phi) is 8.57. The minimum absolute atomic E-state index is 0.201. The van der Waals surface area contributed by atoms with Gasteiger partial charge in [-0.1, -0.05) is 26.7 Å². The van der Waals surface area contributed by atoms with Crippen LogP contribution >= 0.6 is 0 Å².